The first-order chi connectivity index (χ1) is 10.6. The highest BCUT2D eigenvalue weighted by atomic mass is 32.1. The first-order valence-electron chi connectivity index (χ1n) is 7.25. The van der Waals surface area contributed by atoms with Crippen molar-refractivity contribution in [2.45, 2.75) is 26.4 Å². The summed E-state index contributed by atoms with van der Waals surface area (Å²) in [5.74, 6) is 0.414. The minimum atomic E-state index is -0.275. The number of nitrogens with one attached hydrogen (secondary N) is 1. The Balaban J connectivity index is 1.52. The molecule has 0 spiro atoms. The molecule has 1 aliphatic heterocycles. The van der Waals surface area contributed by atoms with Crippen LogP contribution in [0.3, 0.4) is 0 Å². The van der Waals surface area contributed by atoms with Crippen LogP contribution < -0.4 is 5.32 Å². The van der Waals surface area contributed by atoms with E-state index in [1.54, 1.807) is 28.6 Å². The summed E-state index contributed by atoms with van der Waals surface area (Å²) in [4.78, 5) is 28.2. The second kappa shape index (κ2) is 6.36. The molecule has 3 rings (SSSR count). The van der Waals surface area contributed by atoms with E-state index in [9.17, 15) is 9.59 Å². The van der Waals surface area contributed by atoms with E-state index in [1.807, 2.05) is 25.1 Å². The van der Waals surface area contributed by atoms with Crippen LogP contribution >= 0.6 is 11.3 Å². The van der Waals surface area contributed by atoms with Gasteiger partial charge in [-0.1, -0.05) is 0 Å². The van der Waals surface area contributed by atoms with Crippen LogP contribution in [-0.4, -0.2) is 23.3 Å². The van der Waals surface area contributed by atoms with Gasteiger partial charge in [-0.05, 0) is 31.2 Å². The fourth-order valence-corrected chi connectivity index (χ4v) is 3.42. The van der Waals surface area contributed by atoms with E-state index in [0.29, 0.717) is 19.6 Å². The minimum absolute atomic E-state index is 0.00326. The number of hydrogen-bond acceptors (Lipinski definition) is 4. The number of carbonyl (C=O) groups excluding carboxylic acids is 2. The highest BCUT2D eigenvalue weighted by Gasteiger charge is 2.34. The molecule has 1 unspecified atom stereocenters. The highest BCUT2D eigenvalue weighted by Crippen LogP contribution is 2.21. The minimum Gasteiger partial charge on any atom is -0.467 e. The normalized spacial score (nSPS) is 18.0. The number of hydrogen-bond donors (Lipinski definition) is 1. The first kappa shape index (κ1) is 14.8. The quantitative estimate of drug-likeness (QED) is 0.920. The first-order valence-corrected chi connectivity index (χ1v) is 8.06. The predicted octanol–water partition coefficient (Wildman–Crippen LogP) is 2.31. The highest BCUT2D eigenvalue weighted by molar-refractivity contribution is 7.11. The lowest BCUT2D eigenvalue weighted by atomic mass is 10.1. The summed E-state index contributed by atoms with van der Waals surface area (Å²) < 4.78 is 5.25. The summed E-state index contributed by atoms with van der Waals surface area (Å²) in [6.07, 6.45) is 1.86. The van der Waals surface area contributed by atoms with Crippen LogP contribution in [0.1, 0.15) is 21.9 Å². The van der Waals surface area contributed by atoms with Crippen LogP contribution in [0, 0.1) is 12.8 Å². The van der Waals surface area contributed by atoms with Crippen molar-refractivity contribution in [2.24, 2.45) is 5.92 Å². The van der Waals surface area contributed by atoms with Crippen molar-refractivity contribution in [2.75, 3.05) is 6.54 Å². The van der Waals surface area contributed by atoms with Gasteiger partial charge in [-0.3, -0.25) is 9.59 Å². The topological polar surface area (TPSA) is 62.6 Å². The third-order valence-electron chi connectivity index (χ3n) is 3.74. The van der Waals surface area contributed by atoms with E-state index in [1.165, 1.54) is 4.88 Å². The molecule has 1 atom stereocenters. The van der Waals surface area contributed by atoms with Crippen LogP contribution in [-0.2, 0) is 22.7 Å². The Kier molecular flexibility index (Phi) is 4.29. The van der Waals surface area contributed by atoms with Crippen molar-refractivity contribution in [1.29, 1.82) is 0 Å². The molecule has 1 saturated heterocycles. The molecule has 0 aromatic carbocycles. The summed E-state index contributed by atoms with van der Waals surface area (Å²) in [6.45, 7) is 3.45. The Bertz CT molecular complexity index is 663. The maximum absolute atomic E-state index is 12.2. The molecule has 0 saturated carbocycles. The van der Waals surface area contributed by atoms with E-state index in [0.717, 1.165) is 10.6 Å². The molecule has 1 aliphatic rings. The lowest BCUT2D eigenvalue weighted by Crippen LogP contribution is -2.32. The third-order valence-corrected chi connectivity index (χ3v) is 4.75. The lowest BCUT2D eigenvalue weighted by molar-refractivity contribution is -0.129. The largest absolute Gasteiger partial charge is 0.467 e. The second-order valence-corrected chi connectivity index (χ2v) is 6.86. The van der Waals surface area contributed by atoms with E-state index in [2.05, 4.69) is 5.32 Å². The van der Waals surface area contributed by atoms with E-state index < -0.39 is 0 Å². The fraction of sp³-hybridized carbons (Fsp3) is 0.375. The smallest absolute Gasteiger partial charge is 0.225 e. The Morgan fingerprint density at radius 3 is 3.00 bits per heavy atom. The predicted molar refractivity (Wildman–Crippen MR) is 83.1 cm³/mol. The number of aryl methyl sites for hydroxylation is 1. The molecule has 0 bridgehead atoms. The van der Waals surface area contributed by atoms with E-state index in [4.69, 9.17) is 4.42 Å². The van der Waals surface area contributed by atoms with Crippen LogP contribution in [0.15, 0.2) is 34.9 Å². The lowest BCUT2D eigenvalue weighted by Gasteiger charge is -2.14. The van der Waals surface area contributed by atoms with Gasteiger partial charge in [-0.2, -0.15) is 0 Å². The van der Waals surface area contributed by atoms with Gasteiger partial charge in [-0.25, -0.2) is 0 Å². The van der Waals surface area contributed by atoms with E-state index in [-0.39, 0.29) is 24.2 Å². The molecule has 22 heavy (non-hydrogen) atoms. The maximum atomic E-state index is 12.2. The SMILES string of the molecule is Cc1ccc(CNC(=O)C2CC(=O)N(Cc3ccco3)C2)s1. The Morgan fingerprint density at radius 1 is 1.45 bits per heavy atom. The van der Waals surface area contributed by atoms with Gasteiger partial charge in [-0.15, -0.1) is 11.3 Å². The number of carbonyl (C=O) groups is 2. The molecule has 2 amide bonds. The Morgan fingerprint density at radius 2 is 2.32 bits per heavy atom. The van der Waals surface area contributed by atoms with Gasteiger partial charge in [0.15, 0.2) is 0 Å². The number of nitrogens with zero attached hydrogens (tertiary/aromatic N) is 1. The molecule has 5 nitrogen and oxygen atoms in total. The molecule has 1 fully saturated rings. The molecule has 2 aromatic rings. The van der Waals surface area contributed by atoms with Gasteiger partial charge in [0, 0.05) is 22.7 Å². The van der Waals surface area contributed by atoms with Crippen LogP contribution in [0.4, 0.5) is 0 Å². The molecule has 2 aromatic heterocycles. The molecule has 0 aliphatic carbocycles. The summed E-state index contributed by atoms with van der Waals surface area (Å²) >= 11 is 1.67. The van der Waals surface area contributed by atoms with Gasteiger partial charge < -0.3 is 14.6 Å². The number of thiophene rings is 1. The number of furan rings is 1. The monoisotopic (exact) mass is 318 g/mol. The average Bonchev–Trinajstić information content (AvgIpc) is 3.20. The van der Waals surface area contributed by atoms with Gasteiger partial charge in [0.2, 0.25) is 11.8 Å². The average molecular weight is 318 g/mol. The molecule has 1 N–H and O–H groups in total. The van der Waals surface area contributed by atoms with Crippen molar-refractivity contribution < 1.29 is 14.0 Å². The summed E-state index contributed by atoms with van der Waals surface area (Å²) in [5.41, 5.74) is 0. The van der Waals surface area contributed by atoms with Crippen molar-refractivity contribution in [3.8, 4) is 0 Å². The number of likely N-dealkylation sites (tertiary alicyclic amines) is 1. The van der Waals surface area contributed by atoms with Crippen molar-refractivity contribution >= 4 is 23.2 Å². The van der Waals surface area contributed by atoms with Crippen LogP contribution in [0.25, 0.3) is 0 Å². The molecule has 0 radical (unpaired) electrons. The zero-order chi connectivity index (χ0) is 15.5. The summed E-state index contributed by atoms with van der Waals surface area (Å²) in [5, 5.41) is 2.92. The van der Waals surface area contributed by atoms with Crippen LogP contribution in [0.2, 0.25) is 0 Å². The molecule has 3 heterocycles. The summed E-state index contributed by atoms with van der Waals surface area (Å²) in [6, 6.07) is 7.68. The summed E-state index contributed by atoms with van der Waals surface area (Å²) in [7, 11) is 0. The molecular formula is C16H18N2O3S. The van der Waals surface area contributed by atoms with Crippen LogP contribution in [0.5, 0.6) is 0 Å². The van der Waals surface area contributed by atoms with E-state index >= 15 is 0 Å². The zero-order valence-corrected chi connectivity index (χ0v) is 13.2. The zero-order valence-electron chi connectivity index (χ0n) is 12.4. The Hall–Kier alpha value is -2.08. The van der Waals surface area contributed by atoms with Crippen molar-refractivity contribution in [3.05, 3.63) is 46.0 Å². The molecular weight excluding hydrogens is 300 g/mol. The van der Waals surface area contributed by atoms with Gasteiger partial charge in [0.1, 0.15) is 5.76 Å². The number of rotatable bonds is 5. The van der Waals surface area contributed by atoms with Crippen molar-refractivity contribution in [1.82, 2.24) is 10.2 Å². The fourth-order valence-electron chi connectivity index (χ4n) is 2.59. The second-order valence-electron chi connectivity index (χ2n) is 5.48. The third kappa shape index (κ3) is 3.39. The Labute approximate surface area is 132 Å². The number of amides is 2. The van der Waals surface area contributed by atoms with Crippen molar-refractivity contribution in [3.63, 3.8) is 0 Å². The van der Waals surface area contributed by atoms with Gasteiger partial charge in [0.05, 0.1) is 25.3 Å². The standard InChI is InChI=1S/C16H18N2O3S/c1-11-4-5-14(22-11)8-17-16(20)12-7-15(19)18(9-12)10-13-3-2-6-21-13/h2-6,12H,7-10H2,1H3,(H,17,20). The van der Waals surface area contributed by atoms with Gasteiger partial charge >= 0.3 is 0 Å². The molecule has 6 heteroatoms. The molecule has 116 valence electrons. The maximum Gasteiger partial charge on any atom is 0.225 e. The van der Waals surface area contributed by atoms with Gasteiger partial charge in [0.25, 0.3) is 0 Å².